The van der Waals surface area contributed by atoms with Gasteiger partial charge in [0.05, 0.1) is 19.8 Å². The fraction of sp³-hybridized carbons (Fsp3) is 0.391. The van der Waals surface area contributed by atoms with Crippen LogP contribution in [-0.2, 0) is 9.53 Å². The van der Waals surface area contributed by atoms with Crippen LogP contribution >= 0.6 is 0 Å². The molecule has 0 aromatic heterocycles. The van der Waals surface area contributed by atoms with Crippen LogP contribution in [0.3, 0.4) is 0 Å². The Morgan fingerprint density at radius 1 is 1.00 bits per heavy atom. The van der Waals surface area contributed by atoms with Crippen molar-refractivity contribution >= 4 is 23.2 Å². The van der Waals surface area contributed by atoms with E-state index in [0.29, 0.717) is 36.9 Å². The molecule has 0 aliphatic rings. The van der Waals surface area contributed by atoms with Crippen molar-refractivity contribution in [3.8, 4) is 5.75 Å². The van der Waals surface area contributed by atoms with Crippen molar-refractivity contribution in [3.63, 3.8) is 0 Å². The van der Waals surface area contributed by atoms with Gasteiger partial charge in [-0.15, -0.1) is 0 Å². The summed E-state index contributed by atoms with van der Waals surface area (Å²) in [7, 11) is 1.58. The van der Waals surface area contributed by atoms with Gasteiger partial charge in [0.15, 0.2) is 0 Å². The highest BCUT2D eigenvalue weighted by molar-refractivity contribution is 5.96. The lowest BCUT2D eigenvalue weighted by Crippen LogP contribution is -2.27. The van der Waals surface area contributed by atoms with Crippen LogP contribution in [0.1, 0.15) is 30.6 Å². The van der Waals surface area contributed by atoms with E-state index in [1.165, 1.54) is 0 Å². The lowest BCUT2D eigenvalue weighted by molar-refractivity contribution is -0.114. The Balaban J connectivity index is 1.78. The predicted molar refractivity (Wildman–Crippen MR) is 119 cm³/mol. The zero-order valence-electron chi connectivity index (χ0n) is 17.9. The maximum absolute atomic E-state index is 12.2. The fourth-order valence-corrected chi connectivity index (χ4v) is 2.57. The first kappa shape index (κ1) is 23.2. The number of carbonyl (C=O) groups excluding carboxylic acids is 2. The molecule has 0 unspecified atom stereocenters. The minimum Gasteiger partial charge on any atom is -0.494 e. The monoisotopic (exact) mass is 413 g/mol. The molecule has 0 fully saturated rings. The number of benzene rings is 2. The van der Waals surface area contributed by atoms with Gasteiger partial charge in [-0.05, 0) is 48.7 Å². The average molecular weight is 414 g/mol. The second-order valence-corrected chi connectivity index (χ2v) is 7.29. The number of methoxy groups -OCH3 is 1. The Bertz CT molecular complexity index is 806. The molecule has 0 saturated heterocycles. The van der Waals surface area contributed by atoms with Gasteiger partial charge in [-0.25, -0.2) is 0 Å². The van der Waals surface area contributed by atoms with E-state index in [9.17, 15) is 9.59 Å². The van der Waals surface area contributed by atoms with Gasteiger partial charge in [-0.2, -0.15) is 0 Å². The molecule has 7 heteroatoms. The summed E-state index contributed by atoms with van der Waals surface area (Å²) in [5, 5.41) is 8.65. The van der Waals surface area contributed by atoms with Crippen molar-refractivity contribution in [3.05, 3.63) is 54.1 Å². The van der Waals surface area contributed by atoms with E-state index in [1.807, 2.05) is 24.3 Å². The molecule has 0 heterocycles. The van der Waals surface area contributed by atoms with Crippen LogP contribution in [-0.4, -0.2) is 45.2 Å². The summed E-state index contributed by atoms with van der Waals surface area (Å²) in [6.45, 7) is 6.01. The molecule has 0 radical (unpaired) electrons. The summed E-state index contributed by atoms with van der Waals surface area (Å²) < 4.78 is 10.6. The second-order valence-electron chi connectivity index (χ2n) is 7.29. The van der Waals surface area contributed by atoms with Crippen molar-refractivity contribution < 1.29 is 19.1 Å². The van der Waals surface area contributed by atoms with Crippen molar-refractivity contribution in [1.29, 1.82) is 0 Å². The van der Waals surface area contributed by atoms with Crippen LogP contribution in [0.25, 0.3) is 0 Å². The SMILES string of the molecule is COCCNC(=O)c1ccc(NC(=O)CNc2cccc(OCCC(C)C)c2)cc1. The summed E-state index contributed by atoms with van der Waals surface area (Å²) in [6, 6.07) is 14.3. The molecule has 2 rings (SSSR count). The molecule has 162 valence electrons. The number of anilines is 2. The molecule has 2 amide bonds. The van der Waals surface area contributed by atoms with E-state index >= 15 is 0 Å². The van der Waals surface area contributed by atoms with Crippen LogP contribution in [0.2, 0.25) is 0 Å². The largest absolute Gasteiger partial charge is 0.494 e. The standard InChI is InChI=1S/C23H31N3O4/c1-17(2)11-13-30-21-6-4-5-20(15-21)25-16-22(27)26-19-9-7-18(8-10-19)23(28)24-12-14-29-3/h4-10,15,17,25H,11-14,16H2,1-3H3,(H,24,28)(H,26,27). The Morgan fingerprint density at radius 3 is 2.47 bits per heavy atom. The Hall–Kier alpha value is -3.06. The molecule has 0 aliphatic carbocycles. The molecule has 3 N–H and O–H groups in total. The lowest BCUT2D eigenvalue weighted by Gasteiger charge is -2.11. The summed E-state index contributed by atoms with van der Waals surface area (Å²) in [4.78, 5) is 24.2. The van der Waals surface area contributed by atoms with Gasteiger partial charge >= 0.3 is 0 Å². The van der Waals surface area contributed by atoms with E-state index in [2.05, 4.69) is 29.8 Å². The van der Waals surface area contributed by atoms with Gasteiger partial charge < -0.3 is 25.4 Å². The smallest absolute Gasteiger partial charge is 0.251 e. The first-order valence-electron chi connectivity index (χ1n) is 10.1. The molecule has 7 nitrogen and oxygen atoms in total. The maximum atomic E-state index is 12.2. The quantitative estimate of drug-likeness (QED) is 0.463. The number of amides is 2. The first-order chi connectivity index (χ1) is 14.5. The number of ether oxygens (including phenoxy) is 2. The van der Waals surface area contributed by atoms with Crippen molar-refractivity contribution in [2.24, 2.45) is 5.92 Å². The molecule has 0 bridgehead atoms. The minimum absolute atomic E-state index is 0.120. The highest BCUT2D eigenvalue weighted by Crippen LogP contribution is 2.18. The van der Waals surface area contributed by atoms with Crippen LogP contribution in [0.15, 0.2) is 48.5 Å². The molecule has 0 atom stereocenters. The number of nitrogens with one attached hydrogen (secondary N) is 3. The van der Waals surface area contributed by atoms with Crippen molar-refractivity contribution in [1.82, 2.24) is 5.32 Å². The van der Waals surface area contributed by atoms with E-state index < -0.39 is 0 Å². The van der Waals surface area contributed by atoms with Crippen LogP contribution in [0, 0.1) is 5.92 Å². The van der Waals surface area contributed by atoms with E-state index in [1.54, 1.807) is 31.4 Å². The fourth-order valence-electron chi connectivity index (χ4n) is 2.57. The van der Waals surface area contributed by atoms with Crippen LogP contribution in [0.4, 0.5) is 11.4 Å². The maximum Gasteiger partial charge on any atom is 0.251 e. The number of hydrogen-bond donors (Lipinski definition) is 3. The topological polar surface area (TPSA) is 88.7 Å². The average Bonchev–Trinajstić information content (AvgIpc) is 2.73. The molecule has 0 aliphatic heterocycles. The number of hydrogen-bond acceptors (Lipinski definition) is 5. The van der Waals surface area contributed by atoms with Gasteiger partial charge in [0.25, 0.3) is 5.91 Å². The number of carbonyl (C=O) groups is 2. The Labute approximate surface area is 178 Å². The molecule has 30 heavy (non-hydrogen) atoms. The molecule has 2 aromatic carbocycles. The van der Waals surface area contributed by atoms with E-state index in [-0.39, 0.29) is 18.4 Å². The third-order valence-electron chi connectivity index (χ3n) is 4.27. The molecule has 0 spiro atoms. The minimum atomic E-state index is -0.182. The zero-order chi connectivity index (χ0) is 21.8. The van der Waals surface area contributed by atoms with Crippen molar-refractivity contribution in [2.75, 3.05) is 44.0 Å². The zero-order valence-corrected chi connectivity index (χ0v) is 17.9. The molecule has 2 aromatic rings. The van der Waals surface area contributed by atoms with E-state index in [0.717, 1.165) is 17.9 Å². The van der Waals surface area contributed by atoms with Crippen LogP contribution in [0.5, 0.6) is 5.75 Å². The highest BCUT2D eigenvalue weighted by Gasteiger charge is 2.07. The summed E-state index contributed by atoms with van der Waals surface area (Å²) in [5.74, 6) is 1.01. The van der Waals surface area contributed by atoms with E-state index in [4.69, 9.17) is 9.47 Å². The number of rotatable bonds is 12. The van der Waals surface area contributed by atoms with Gasteiger partial charge in [-0.1, -0.05) is 19.9 Å². The van der Waals surface area contributed by atoms with Gasteiger partial charge in [0, 0.05) is 36.7 Å². The summed E-state index contributed by atoms with van der Waals surface area (Å²) >= 11 is 0. The molecular weight excluding hydrogens is 382 g/mol. The predicted octanol–water partition coefficient (Wildman–Crippen LogP) is 3.54. The normalized spacial score (nSPS) is 10.5. The van der Waals surface area contributed by atoms with Gasteiger partial charge in [0.1, 0.15) is 5.75 Å². The summed E-state index contributed by atoms with van der Waals surface area (Å²) in [5.41, 5.74) is 1.97. The second kappa shape index (κ2) is 12.5. The van der Waals surface area contributed by atoms with Gasteiger partial charge in [-0.3, -0.25) is 9.59 Å². The first-order valence-corrected chi connectivity index (χ1v) is 10.1. The van der Waals surface area contributed by atoms with Crippen LogP contribution < -0.4 is 20.7 Å². The summed E-state index contributed by atoms with van der Waals surface area (Å²) in [6.07, 6.45) is 0.994. The third-order valence-corrected chi connectivity index (χ3v) is 4.27. The highest BCUT2D eigenvalue weighted by atomic mass is 16.5. The molecular formula is C23H31N3O4. The third kappa shape index (κ3) is 8.53. The van der Waals surface area contributed by atoms with Crippen molar-refractivity contribution in [2.45, 2.75) is 20.3 Å². The molecule has 0 saturated carbocycles. The Kier molecular flexibility index (Phi) is 9.67. The van der Waals surface area contributed by atoms with Gasteiger partial charge in [0.2, 0.25) is 5.91 Å². The lowest BCUT2D eigenvalue weighted by atomic mass is 10.1. The Morgan fingerprint density at radius 2 is 1.77 bits per heavy atom.